The summed E-state index contributed by atoms with van der Waals surface area (Å²) in [6.07, 6.45) is 0. The molecule has 0 radical (unpaired) electrons. The van der Waals surface area contributed by atoms with Gasteiger partial charge in [0, 0.05) is 5.56 Å². The van der Waals surface area contributed by atoms with Crippen LogP contribution in [0, 0.1) is 6.92 Å². The van der Waals surface area contributed by atoms with Crippen LogP contribution in [-0.2, 0) is 9.84 Å². The van der Waals surface area contributed by atoms with Gasteiger partial charge in [-0.05, 0) is 19.1 Å². The van der Waals surface area contributed by atoms with Crippen LogP contribution in [0.4, 0.5) is 0 Å². The van der Waals surface area contributed by atoms with Crippen molar-refractivity contribution in [2.45, 2.75) is 11.8 Å². The summed E-state index contributed by atoms with van der Waals surface area (Å²) in [4.78, 5) is 12.1. The highest BCUT2D eigenvalue weighted by Gasteiger charge is 2.19. The molecule has 0 heterocycles. The molecule has 0 atom stereocenters. The lowest BCUT2D eigenvalue weighted by Crippen LogP contribution is -2.16. The number of sulfone groups is 1. The van der Waals surface area contributed by atoms with Gasteiger partial charge in [0.15, 0.2) is 15.6 Å². The van der Waals surface area contributed by atoms with Gasteiger partial charge in [0.25, 0.3) is 0 Å². The van der Waals surface area contributed by atoms with E-state index in [9.17, 15) is 13.2 Å². The number of Topliss-reactive ketones (excluding diaryl/α,β-unsaturated/α-hetero) is 1. The fraction of sp³-hybridized carbons (Fsp3) is 0.133. The summed E-state index contributed by atoms with van der Waals surface area (Å²) in [7, 11) is -3.57. The van der Waals surface area contributed by atoms with Crippen molar-refractivity contribution in [3.63, 3.8) is 0 Å². The van der Waals surface area contributed by atoms with E-state index in [2.05, 4.69) is 0 Å². The number of aryl methyl sites for hydroxylation is 1. The van der Waals surface area contributed by atoms with E-state index in [4.69, 9.17) is 0 Å². The Morgan fingerprint density at radius 3 is 2.11 bits per heavy atom. The number of carbonyl (C=O) groups excluding carboxylic acids is 1. The average Bonchev–Trinajstić information content (AvgIpc) is 2.40. The maximum atomic E-state index is 12.1. The average molecular weight is 274 g/mol. The standard InChI is InChI=1S/C15H14O3S/c1-12-7-9-13(10-8-12)15(16)11-19(17,18)14-5-3-2-4-6-14/h2-10H,11H2,1H3. The third-order valence-corrected chi connectivity index (χ3v) is 4.43. The molecule has 4 heteroatoms. The molecule has 2 aromatic carbocycles. The number of carbonyl (C=O) groups is 1. The first-order valence-corrected chi connectivity index (χ1v) is 7.52. The van der Waals surface area contributed by atoms with Crippen LogP contribution < -0.4 is 0 Å². The van der Waals surface area contributed by atoms with Gasteiger partial charge in [-0.15, -0.1) is 0 Å². The highest BCUT2D eigenvalue weighted by Crippen LogP contribution is 2.13. The van der Waals surface area contributed by atoms with Crippen LogP contribution in [0.2, 0.25) is 0 Å². The summed E-state index contributed by atoms with van der Waals surface area (Å²) in [6.45, 7) is 1.91. The molecule has 0 aliphatic carbocycles. The van der Waals surface area contributed by atoms with E-state index < -0.39 is 15.6 Å². The van der Waals surface area contributed by atoms with E-state index in [-0.39, 0.29) is 10.7 Å². The van der Waals surface area contributed by atoms with Crippen LogP contribution in [0.25, 0.3) is 0 Å². The molecular weight excluding hydrogens is 260 g/mol. The van der Waals surface area contributed by atoms with Gasteiger partial charge in [0.1, 0.15) is 5.75 Å². The molecule has 0 N–H and O–H groups in total. The molecule has 2 rings (SSSR count). The first-order valence-electron chi connectivity index (χ1n) is 5.87. The summed E-state index contributed by atoms with van der Waals surface area (Å²) in [5.74, 6) is -0.885. The van der Waals surface area contributed by atoms with Gasteiger partial charge >= 0.3 is 0 Å². The summed E-state index contributed by atoms with van der Waals surface area (Å²) >= 11 is 0. The Hall–Kier alpha value is -1.94. The third kappa shape index (κ3) is 3.29. The highest BCUT2D eigenvalue weighted by atomic mass is 32.2. The molecule has 98 valence electrons. The Labute approximate surface area is 112 Å². The predicted octanol–water partition coefficient (Wildman–Crippen LogP) is 2.65. The van der Waals surface area contributed by atoms with Crippen LogP contribution in [0.1, 0.15) is 15.9 Å². The van der Waals surface area contributed by atoms with E-state index in [1.807, 2.05) is 6.92 Å². The zero-order valence-electron chi connectivity index (χ0n) is 10.5. The summed E-state index contributed by atoms with van der Waals surface area (Å²) in [5, 5.41) is 0. The van der Waals surface area contributed by atoms with Crippen molar-refractivity contribution in [3.8, 4) is 0 Å². The molecule has 0 saturated heterocycles. The lowest BCUT2D eigenvalue weighted by Gasteiger charge is -2.04. The molecule has 0 aliphatic heterocycles. The highest BCUT2D eigenvalue weighted by molar-refractivity contribution is 7.92. The van der Waals surface area contributed by atoms with Crippen molar-refractivity contribution >= 4 is 15.6 Å². The third-order valence-electron chi connectivity index (χ3n) is 2.80. The van der Waals surface area contributed by atoms with Gasteiger partial charge in [-0.2, -0.15) is 0 Å². The van der Waals surface area contributed by atoms with Crippen LogP contribution in [0.15, 0.2) is 59.5 Å². The van der Waals surface area contributed by atoms with Gasteiger partial charge in [-0.1, -0.05) is 48.0 Å². The summed E-state index contributed by atoms with van der Waals surface area (Å²) in [5.41, 5.74) is 1.45. The fourth-order valence-corrected chi connectivity index (χ4v) is 2.96. The van der Waals surface area contributed by atoms with Crippen molar-refractivity contribution in [1.29, 1.82) is 0 Å². The second-order valence-corrected chi connectivity index (χ2v) is 6.35. The van der Waals surface area contributed by atoms with Crippen molar-refractivity contribution in [3.05, 3.63) is 65.7 Å². The Balaban J connectivity index is 2.22. The van der Waals surface area contributed by atoms with E-state index in [1.165, 1.54) is 12.1 Å². The SMILES string of the molecule is Cc1ccc(C(=O)CS(=O)(=O)c2ccccc2)cc1. The normalized spacial score (nSPS) is 11.2. The van der Waals surface area contributed by atoms with Crippen LogP contribution in [-0.4, -0.2) is 20.0 Å². The minimum absolute atomic E-state index is 0.176. The topological polar surface area (TPSA) is 51.2 Å². The Kier molecular flexibility index (Phi) is 3.81. The largest absolute Gasteiger partial charge is 0.293 e. The lowest BCUT2D eigenvalue weighted by molar-refractivity contribution is 0.102. The molecule has 0 amide bonds. The monoisotopic (exact) mass is 274 g/mol. The number of hydrogen-bond acceptors (Lipinski definition) is 3. The van der Waals surface area contributed by atoms with E-state index in [1.54, 1.807) is 42.5 Å². The van der Waals surface area contributed by atoms with Crippen molar-refractivity contribution < 1.29 is 13.2 Å². The maximum absolute atomic E-state index is 12.1. The lowest BCUT2D eigenvalue weighted by atomic mass is 10.1. The molecule has 0 unspecified atom stereocenters. The summed E-state index contributed by atoms with van der Waals surface area (Å²) < 4.78 is 24.1. The Morgan fingerprint density at radius 1 is 0.947 bits per heavy atom. The number of hydrogen-bond donors (Lipinski definition) is 0. The minimum atomic E-state index is -3.57. The molecule has 3 nitrogen and oxygen atoms in total. The van der Waals surface area contributed by atoms with Crippen molar-refractivity contribution in [2.75, 3.05) is 5.75 Å². The maximum Gasteiger partial charge on any atom is 0.185 e. The molecule has 0 fully saturated rings. The first kappa shape index (κ1) is 13.5. The van der Waals surface area contributed by atoms with Crippen LogP contribution >= 0.6 is 0 Å². The zero-order valence-corrected chi connectivity index (χ0v) is 11.4. The predicted molar refractivity (Wildman–Crippen MR) is 74.0 cm³/mol. The fourth-order valence-electron chi connectivity index (χ4n) is 1.71. The number of ketones is 1. The van der Waals surface area contributed by atoms with E-state index >= 15 is 0 Å². The molecular formula is C15H14O3S. The van der Waals surface area contributed by atoms with E-state index in [0.717, 1.165) is 5.56 Å². The molecule has 0 aliphatic rings. The van der Waals surface area contributed by atoms with E-state index in [0.29, 0.717) is 5.56 Å². The molecule has 0 aromatic heterocycles. The Morgan fingerprint density at radius 2 is 1.53 bits per heavy atom. The smallest absolute Gasteiger partial charge is 0.185 e. The van der Waals surface area contributed by atoms with Gasteiger partial charge < -0.3 is 0 Å². The van der Waals surface area contributed by atoms with Gasteiger partial charge in [0.2, 0.25) is 0 Å². The second kappa shape index (κ2) is 5.36. The molecule has 2 aromatic rings. The van der Waals surface area contributed by atoms with Gasteiger partial charge in [0.05, 0.1) is 4.90 Å². The van der Waals surface area contributed by atoms with Gasteiger partial charge in [-0.3, -0.25) is 4.79 Å². The molecule has 19 heavy (non-hydrogen) atoms. The number of benzene rings is 2. The zero-order chi connectivity index (χ0) is 13.9. The first-order chi connectivity index (χ1) is 8.99. The summed E-state index contributed by atoms with van der Waals surface area (Å²) in [6, 6.07) is 14.9. The molecule has 0 bridgehead atoms. The minimum Gasteiger partial charge on any atom is -0.293 e. The molecule has 0 spiro atoms. The van der Waals surface area contributed by atoms with Crippen LogP contribution in [0.3, 0.4) is 0 Å². The van der Waals surface area contributed by atoms with Crippen molar-refractivity contribution in [2.24, 2.45) is 0 Å². The number of rotatable bonds is 4. The second-order valence-electron chi connectivity index (χ2n) is 4.36. The molecule has 0 saturated carbocycles. The quantitative estimate of drug-likeness (QED) is 0.805. The van der Waals surface area contributed by atoms with Crippen molar-refractivity contribution in [1.82, 2.24) is 0 Å². The Bertz CT molecular complexity index is 671. The van der Waals surface area contributed by atoms with Crippen LogP contribution in [0.5, 0.6) is 0 Å². The van der Waals surface area contributed by atoms with Gasteiger partial charge in [-0.25, -0.2) is 8.42 Å².